The van der Waals surface area contributed by atoms with Gasteiger partial charge in [0.05, 0.1) is 6.61 Å². The Morgan fingerprint density at radius 1 is 0.730 bits per heavy atom. The van der Waals surface area contributed by atoms with Gasteiger partial charge in [0, 0.05) is 57.9 Å². The van der Waals surface area contributed by atoms with Gasteiger partial charge in [-0.05, 0) is 67.4 Å². The number of fused-ring (bicyclic) bond motifs is 4. The average molecular weight is 492 g/mol. The van der Waals surface area contributed by atoms with E-state index < -0.39 is 0 Å². The van der Waals surface area contributed by atoms with Crippen molar-refractivity contribution in [2.45, 2.75) is 39.7 Å². The summed E-state index contributed by atoms with van der Waals surface area (Å²) in [7, 11) is 0. The van der Waals surface area contributed by atoms with Gasteiger partial charge in [-0.1, -0.05) is 42.5 Å². The molecule has 0 fully saturated rings. The Hall–Kier alpha value is -4.25. The first-order chi connectivity index (χ1) is 18.0. The van der Waals surface area contributed by atoms with Crippen molar-refractivity contribution < 1.29 is 19.1 Å². The standard InChI is InChI=1S/C32H29NO4/c1-3-33-28-17-15-22(30(34)13-8-14-31(35)37-4-2)19-26(28)27-20-23(16-18-29(27)33)32(36)25-12-7-10-21-9-5-6-11-24(21)25/h5-7,9-12,15-20H,3-4,8,13-14H2,1-2H3. The lowest BCUT2D eigenvalue weighted by molar-refractivity contribution is -0.143. The van der Waals surface area contributed by atoms with Crippen LogP contribution in [0, 0.1) is 0 Å². The molecule has 5 heteroatoms. The normalized spacial score (nSPS) is 11.3. The van der Waals surface area contributed by atoms with Crippen molar-refractivity contribution >= 4 is 50.1 Å². The summed E-state index contributed by atoms with van der Waals surface area (Å²) in [5.41, 5.74) is 3.95. The van der Waals surface area contributed by atoms with E-state index in [1.807, 2.05) is 78.9 Å². The first-order valence-electron chi connectivity index (χ1n) is 12.8. The van der Waals surface area contributed by atoms with E-state index in [0.29, 0.717) is 29.7 Å². The highest BCUT2D eigenvalue weighted by atomic mass is 16.5. The Morgan fingerprint density at radius 2 is 1.41 bits per heavy atom. The van der Waals surface area contributed by atoms with Crippen LogP contribution in [0.15, 0.2) is 78.9 Å². The molecule has 0 radical (unpaired) electrons. The summed E-state index contributed by atoms with van der Waals surface area (Å²) in [6.45, 7) is 4.97. The molecule has 4 aromatic carbocycles. The zero-order valence-corrected chi connectivity index (χ0v) is 21.1. The molecule has 0 aliphatic heterocycles. The largest absolute Gasteiger partial charge is 0.466 e. The van der Waals surface area contributed by atoms with E-state index in [1.54, 1.807) is 6.92 Å². The van der Waals surface area contributed by atoms with E-state index >= 15 is 0 Å². The molecule has 0 unspecified atom stereocenters. The minimum absolute atomic E-state index is 0.00779. The van der Waals surface area contributed by atoms with Gasteiger partial charge in [0.2, 0.25) is 0 Å². The summed E-state index contributed by atoms with van der Waals surface area (Å²) in [5, 5.41) is 3.86. The predicted octanol–water partition coefficient (Wildman–Crippen LogP) is 7.11. The van der Waals surface area contributed by atoms with Crippen LogP contribution < -0.4 is 0 Å². The fourth-order valence-corrected chi connectivity index (χ4v) is 5.11. The van der Waals surface area contributed by atoms with Gasteiger partial charge in [-0.15, -0.1) is 0 Å². The number of ketones is 2. The molecule has 0 saturated carbocycles. The van der Waals surface area contributed by atoms with Crippen LogP contribution in [-0.2, 0) is 16.1 Å². The number of esters is 1. The smallest absolute Gasteiger partial charge is 0.305 e. The molecule has 0 spiro atoms. The second-order valence-corrected chi connectivity index (χ2v) is 9.15. The minimum atomic E-state index is -0.278. The number of carbonyl (C=O) groups is 3. The van der Waals surface area contributed by atoms with E-state index in [0.717, 1.165) is 39.1 Å². The molecule has 0 N–H and O–H groups in total. The third-order valence-electron chi connectivity index (χ3n) is 6.89. The summed E-state index contributed by atoms with van der Waals surface area (Å²) < 4.78 is 7.16. The lowest BCUT2D eigenvalue weighted by Crippen LogP contribution is -2.05. The summed E-state index contributed by atoms with van der Waals surface area (Å²) in [5.74, 6) is -0.311. The zero-order chi connectivity index (χ0) is 25.9. The number of aromatic nitrogens is 1. The van der Waals surface area contributed by atoms with E-state index in [-0.39, 0.29) is 30.4 Å². The maximum atomic E-state index is 13.6. The molecule has 1 aromatic heterocycles. The third kappa shape index (κ3) is 4.65. The highest BCUT2D eigenvalue weighted by Crippen LogP contribution is 2.32. The lowest BCUT2D eigenvalue weighted by atomic mass is 9.96. The number of rotatable bonds is 9. The average Bonchev–Trinajstić information content (AvgIpc) is 3.24. The maximum absolute atomic E-state index is 13.6. The zero-order valence-electron chi connectivity index (χ0n) is 21.1. The van der Waals surface area contributed by atoms with Gasteiger partial charge in [-0.3, -0.25) is 14.4 Å². The van der Waals surface area contributed by atoms with Crippen LogP contribution >= 0.6 is 0 Å². The number of aryl methyl sites for hydroxylation is 1. The van der Waals surface area contributed by atoms with Crippen LogP contribution in [0.1, 0.15) is 59.4 Å². The number of hydrogen-bond acceptors (Lipinski definition) is 4. The maximum Gasteiger partial charge on any atom is 0.305 e. The summed E-state index contributed by atoms with van der Waals surface area (Å²) >= 11 is 0. The van der Waals surface area contributed by atoms with Gasteiger partial charge < -0.3 is 9.30 Å². The van der Waals surface area contributed by atoms with Gasteiger partial charge in [-0.2, -0.15) is 0 Å². The Kier molecular flexibility index (Phi) is 6.87. The number of nitrogens with zero attached hydrogens (tertiary/aromatic N) is 1. The molecule has 37 heavy (non-hydrogen) atoms. The second-order valence-electron chi connectivity index (χ2n) is 9.15. The van der Waals surface area contributed by atoms with E-state index in [9.17, 15) is 14.4 Å². The van der Waals surface area contributed by atoms with Crippen molar-refractivity contribution in [3.05, 3.63) is 95.6 Å². The predicted molar refractivity (Wildman–Crippen MR) is 147 cm³/mol. The molecule has 1 heterocycles. The molecule has 0 aliphatic rings. The number of Topliss-reactive ketones (excluding diaryl/α,β-unsaturated/α-hetero) is 1. The van der Waals surface area contributed by atoms with E-state index in [2.05, 4.69) is 11.5 Å². The lowest BCUT2D eigenvalue weighted by Gasteiger charge is -2.07. The molecule has 5 aromatic rings. The fraction of sp³-hybridized carbons (Fsp3) is 0.219. The van der Waals surface area contributed by atoms with Crippen LogP contribution in [0.4, 0.5) is 0 Å². The quantitative estimate of drug-likeness (QED) is 0.163. The van der Waals surface area contributed by atoms with Gasteiger partial charge in [-0.25, -0.2) is 0 Å². The Bertz CT molecular complexity index is 1660. The molecule has 0 aliphatic carbocycles. The highest BCUT2D eigenvalue weighted by Gasteiger charge is 2.17. The van der Waals surface area contributed by atoms with Crippen molar-refractivity contribution in [1.82, 2.24) is 4.57 Å². The Balaban J connectivity index is 1.52. The Labute approximate surface area is 215 Å². The topological polar surface area (TPSA) is 65.4 Å². The van der Waals surface area contributed by atoms with Crippen LogP contribution in [0.5, 0.6) is 0 Å². The van der Waals surface area contributed by atoms with Crippen LogP contribution in [0.25, 0.3) is 32.6 Å². The van der Waals surface area contributed by atoms with Crippen molar-refractivity contribution in [3.8, 4) is 0 Å². The van der Waals surface area contributed by atoms with Gasteiger partial charge >= 0.3 is 5.97 Å². The molecular formula is C32H29NO4. The number of carbonyl (C=O) groups excluding carboxylic acids is 3. The van der Waals surface area contributed by atoms with Crippen LogP contribution in [0.3, 0.4) is 0 Å². The fourth-order valence-electron chi connectivity index (χ4n) is 5.11. The molecule has 5 rings (SSSR count). The molecular weight excluding hydrogens is 462 g/mol. The second kappa shape index (κ2) is 10.4. The first-order valence-corrected chi connectivity index (χ1v) is 12.8. The van der Waals surface area contributed by atoms with E-state index in [1.165, 1.54) is 0 Å². The summed E-state index contributed by atoms with van der Waals surface area (Å²) in [6.07, 6.45) is 0.967. The molecule has 0 bridgehead atoms. The number of ether oxygens (including phenoxy) is 1. The van der Waals surface area contributed by atoms with Crippen LogP contribution in [0.2, 0.25) is 0 Å². The Morgan fingerprint density at radius 3 is 2.14 bits per heavy atom. The first kappa shape index (κ1) is 24.4. The van der Waals surface area contributed by atoms with E-state index in [4.69, 9.17) is 4.74 Å². The molecule has 0 atom stereocenters. The van der Waals surface area contributed by atoms with Gasteiger partial charge in [0.15, 0.2) is 11.6 Å². The summed E-state index contributed by atoms with van der Waals surface area (Å²) in [4.78, 5) is 38.1. The number of hydrogen-bond donors (Lipinski definition) is 0. The van der Waals surface area contributed by atoms with Gasteiger partial charge in [0.1, 0.15) is 0 Å². The SMILES string of the molecule is CCOC(=O)CCCC(=O)c1ccc2c(c1)c1cc(C(=O)c3cccc4ccccc34)ccc1n2CC. The van der Waals surface area contributed by atoms with Crippen molar-refractivity contribution in [2.24, 2.45) is 0 Å². The minimum Gasteiger partial charge on any atom is -0.466 e. The van der Waals surface area contributed by atoms with Gasteiger partial charge in [0.25, 0.3) is 0 Å². The van der Waals surface area contributed by atoms with Crippen molar-refractivity contribution in [1.29, 1.82) is 0 Å². The molecule has 0 amide bonds. The molecule has 186 valence electrons. The van der Waals surface area contributed by atoms with Crippen LogP contribution in [-0.4, -0.2) is 28.7 Å². The van der Waals surface area contributed by atoms with Crippen molar-refractivity contribution in [3.63, 3.8) is 0 Å². The monoisotopic (exact) mass is 491 g/mol. The number of benzene rings is 4. The summed E-state index contributed by atoms with van der Waals surface area (Å²) in [6, 6.07) is 25.3. The molecule has 0 saturated heterocycles. The molecule has 5 nitrogen and oxygen atoms in total. The third-order valence-corrected chi connectivity index (χ3v) is 6.89. The van der Waals surface area contributed by atoms with Crippen molar-refractivity contribution in [2.75, 3.05) is 6.61 Å². The highest BCUT2D eigenvalue weighted by molar-refractivity contribution is 6.19.